The molecule has 0 bridgehead atoms. The molecule has 0 aromatic heterocycles. The number of hydrogen-bond acceptors (Lipinski definition) is 13. The van der Waals surface area contributed by atoms with Gasteiger partial charge in [-0.1, -0.05) is 6.07 Å². The molecule has 13 nitrogen and oxygen atoms in total. The molecule has 224 valence electrons. The molecule has 0 unspecified atom stereocenters. The summed E-state index contributed by atoms with van der Waals surface area (Å²) in [7, 11) is 0. The lowest BCUT2D eigenvalue weighted by atomic mass is 9.87. The van der Waals surface area contributed by atoms with Crippen LogP contribution >= 0.6 is 0 Å². The SMILES string of the molecule is Oc1cc(O)c2c(c1)O[C@H](c1ccc(O)c(O)c1)[C@H](O[C@]1(c3ccc(O)c(O)c3)Oc3cc(O)cc(O)c3[C@H](O)[C@@H]1O)C2. The fourth-order valence-electron chi connectivity index (χ4n) is 5.48. The Bertz CT molecular complexity index is 1740. The maximum absolute atomic E-state index is 11.6. The van der Waals surface area contributed by atoms with Crippen molar-refractivity contribution in [3.05, 3.63) is 82.9 Å². The van der Waals surface area contributed by atoms with E-state index in [0.29, 0.717) is 0 Å². The standard InChI is InChI=1S/C30H26O13/c31-14-7-19(35)16-11-25(28(41-23(16)9-14)12-1-3-17(33)20(36)5-12)43-30(13-2-4-18(34)21(37)6-13)29(40)27(39)26-22(38)8-15(32)10-24(26)42-30/h1-10,25,27-29,31-40H,11H2/t25-,27+,28-,29+,30+/m1/s1. The Morgan fingerprint density at radius 2 is 1.28 bits per heavy atom. The van der Waals surface area contributed by atoms with Crippen LogP contribution < -0.4 is 9.47 Å². The van der Waals surface area contributed by atoms with Crippen LogP contribution in [0.5, 0.6) is 57.5 Å². The lowest BCUT2D eigenvalue weighted by Gasteiger charge is -2.47. The van der Waals surface area contributed by atoms with E-state index in [1.807, 2.05) is 0 Å². The second-order valence-corrected chi connectivity index (χ2v) is 10.3. The first-order chi connectivity index (χ1) is 20.4. The fourth-order valence-corrected chi connectivity index (χ4v) is 5.48. The van der Waals surface area contributed by atoms with Crippen LogP contribution in [0.15, 0.2) is 60.7 Å². The van der Waals surface area contributed by atoms with Crippen LogP contribution in [-0.2, 0) is 16.9 Å². The molecule has 0 spiro atoms. The summed E-state index contributed by atoms with van der Waals surface area (Å²) < 4.78 is 18.7. The van der Waals surface area contributed by atoms with Crippen molar-refractivity contribution in [1.82, 2.24) is 0 Å². The number of hydrogen-bond donors (Lipinski definition) is 10. The number of aliphatic hydroxyl groups excluding tert-OH is 2. The number of aromatic hydroxyl groups is 8. The number of rotatable bonds is 4. The molecule has 2 aliphatic rings. The molecular formula is C30H26O13. The van der Waals surface area contributed by atoms with Crippen LogP contribution in [0.1, 0.15) is 34.5 Å². The summed E-state index contributed by atoms with van der Waals surface area (Å²) >= 11 is 0. The average Bonchev–Trinajstić information content (AvgIpc) is 2.94. The first-order valence-corrected chi connectivity index (χ1v) is 12.9. The topological polar surface area (TPSA) is 230 Å². The van der Waals surface area contributed by atoms with Crippen molar-refractivity contribution in [2.24, 2.45) is 0 Å². The Hall–Kier alpha value is -5.24. The average molecular weight is 595 g/mol. The molecule has 0 fully saturated rings. The van der Waals surface area contributed by atoms with Gasteiger partial charge in [0.25, 0.3) is 5.79 Å². The van der Waals surface area contributed by atoms with Crippen molar-refractivity contribution in [2.45, 2.75) is 36.6 Å². The molecule has 4 aromatic rings. The van der Waals surface area contributed by atoms with E-state index in [2.05, 4.69) is 0 Å². The minimum absolute atomic E-state index is 0.0663. The summed E-state index contributed by atoms with van der Waals surface area (Å²) in [6.07, 6.45) is -6.47. The maximum atomic E-state index is 11.6. The molecule has 0 radical (unpaired) electrons. The number of phenols is 8. The Balaban J connectivity index is 1.54. The van der Waals surface area contributed by atoms with Crippen molar-refractivity contribution in [3.8, 4) is 57.5 Å². The second kappa shape index (κ2) is 9.94. The predicted molar refractivity (Wildman–Crippen MR) is 144 cm³/mol. The third kappa shape index (κ3) is 4.55. The highest BCUT2D eigenvalue weighted by atomic mass is 16.7. The van der Waals surface area contributed by atoms with Crippen LogP contribution in [0.4, 0.5) is 0 Å². The summed E-state index contributed by atoms with van der Waals surface area (Å²) in [5.74, 6) is -6.38. The van der Waals surface area contributed by atoms with Gasteiger partial charge in [0.2, 0.25) is 0 Å². The Labute approximate surface area is 242 Å². The van der Waals surface area contributed by atoms with E-state index in [4.69, 9.17) is 14.2 Å². The molecule has 13 heteroatoms. The zero-order chi connectivity index (χ0) is 30.8. The first kappa shape index (κ1) is 27.9. The molecule has 2 aliphatic heterocycles. The first-order valence-electron chi connectivity index (χ1n) is 12.9. The Kier molecular flexibility index (Phi) is 6.45. The monoisotopic (exact) mass is 594 g/mol. The van der Waals surface area contributed by atoms with Crippen molar-refractivity contribution in [3.63, 3.8) is 0 Å². The molecule has 0 saturated heterocycles. The van der Waals surface area contributed by atoms with Gasteiger partial charge in [0, 0.05) is 41.8 Å². The summed E-state index contributed by atoms with van der Waals surface area (Å²) in [4.78, 5) is 0. The van der Waals surface area contributed by atoms with Gasteiger partial charge in [0.1, 0.15) is 46.7 Å². The molecule has 0 amide bonds. The lowest BCUT2D eigenvalue weighted by molar-refractivity contribution is -0.307. The second-order valence-electron chi connectivity index (χ2n) is 10.3. The summed E-state index contributed by atoms with van der Waals surface area (Å²) in [5.41, 5.74) is 0.0630. The van der Waals surface area contributed by atoms with Crippen molar-refractivity contribution >= 4 is 0 Å². The number of phenolic OH excluding ortho intramolecular Hbond substituents is 8. The largest absolute Gasteiger partial charge is 0.508 e. The zero-order valence-corrected chi connectivity index (χ0v) is 22.0. The van der Waals surface area contributed by atoms with Crippen molar-refractivity contribution < 1.29 is 65.3 Å². The highest BCUT2D eigenvalue weighted by Crippen LogP contribution is 2.53. The normalized spacial score (nSPS) is 24.3. The van der Waals surface area contributed by atoms with E-state index in [-0.39, 0.29) is 51.7 Å². The highest BCUT2D eigenvalue weighted by Gasteiger charge is 2.56. The van der Waals surface area contributed by atoms with E-state index in [0.717, 1.165) is 30.3 Å². The molecular weight excluding hydrogens is 568 g/mol. The number of benzene rings is 4. The third-order valence-electron chi connectivity index (χ3n) is 7.55. The van der Waals surface area contributed by atoms with Gasteiger partial charge >= 0.3 is 0 Å². The number of aliphatic hydroxyl groups is 2. The van der Waals surface area contributed by atoms with E-state index in [1.165, 1.54) is 30.3 Å². The number of ether oxygens (including phenoxy) is 3. The van der Waals surface area contributed by atoms with Gasteiger partial charge in [-0.2, -0.15) is 0 Å². The molecule has 0 aliphatic carbocycles. The van der Waals surface area contributed by atoms with Gasteiger partial charge in [-0.15, -0.1) is 0 Å². The predicted octanol–water partition coefficient (Wildman–Crippen LogP) is 2.73. The van der Waals surface area contributed by atoms with Crippen LogP contribution in [0.25, 0.3) is 0 Å². The molecule has 2 heterocycles. The lowest BCUT2D eigenvalue weighted by Crippen LogP contribution is -2.55. The van der Waals surface area contributed by atoms with Crippen molar-refractivity contribution in [1.29, 1.82) is 0 Å². The summed E-state index contributed by atoms with van der Waals surface area (Å²) in [5, 5.41) is 104. The molecule has 6 rings (SSSR count). The molecule has 10 N–H and O–H groups in total. The van der Waals surface area contributed by atoms with E-state index >= 15 is 0 Å². The van der Waals surface area contributed by atoms with E-state index in [1.54, 1.807) is 0 Å². The van der Waals surface area contributed by atoms with Gasteiger partial charge in [0.15, 0.2) is 35.2 Å². The third-order valence-corrected chi connectivity index (χ3v) is 7.55. The highest BCUT2D eigenvalue weighted by molar-refractivity contribution is 5.55. The van der Waals surface area contributed by atoms with Gasteiger partial charge in [-0.3, -0.25) is 0 Å². The molecule has 43 heavy (non-hydrogen) atoms. The van der Waals surface area contributed by atoms with Crippen LogP contribution in [-0.4, -0.2) is 63.3 Å². The van der Waals surface area contributed by atoms with E-state index in [9.17, 15) is 51.1 Å². The van der Waals surface area contributed by atoms with Crippen LogP contribution in [0.2, 0.25) is 0 Å². The Morgan fingerprint density at radius 1 is 0.651 bits per heavy atom. The van der Waals surface area contributed by atoms with Gasteiger partial charge in [-0.05, 0) is 35.9 Å². The van der Waals surface area contributed by atoms with Crippen molar-refractivity contribution in [2.75, 3.05) is 0 Å². The summed E-state index contributed by atoms with van der Waals surface area (Å²) in [6, 6.07) is 11.5. The fraction of sp³-hybridized carbons (Fsp3) is 0.200. The van der Waals surface area contributed by atoms with Crippen LogP contribution in [0, 0.1) is 0 Å². The number of fused-ring (bicyclic) bond motifs is 2. The van der Waals surface area contributed by atoms with Gasteiger partial charge in [0.05, 0.1) is 5.56 Å². The zero-order valence-electron chi connectivity index (χ0n) is 22.0. The molecule has 0 saturated carbocycles. The summed E-state index contributed by atoms with van der Waals surface area (Å²) in [6.45, 7) is 0. The molecule has 4 aromatic carbocycles. The molecule has 5 atom stereocenters. The maximum Gasteiger partial charge on any atom is 0.267 e. The van der Waals surface area contributed by atoms with E-state index < -0.39 is 64.7 Å². The van der Waals surface area contributed by atoms with Crippen LogP contribution in [0.3, 0.4) is 0 Å². The van der Waals surface area contributed by atoms with Gasteiger partial charge < -0.3 is 65.3 Å². The quantitative estimate of drug-likeness (QED) is 0.153. The minimum Gasteiger partial charge on any atom is -0.508 e. The smallest absolute Gasteiger partial charge is 0.267 e. The Morgan fingerprint density at radius 3 is 1.95 bits per heavy atom. The minimum atomic E-state index is -2.42. The van der Waals surface area contributed by atoms with Gasteiger partial charge in [-0.25, -0.2) is 0 Å².